The van der Waals surface area contributed by atoms with Crippen molar-refractivity contribution < 1.29 is 4.74 Å². The summed E-state index contributed by atoms with van der Waals surface area (Å²) in [6, 6.07) is 16.4. The summed E-state index contributed by atoms with van der Waals surface area (Å²) in [6.45, 7) is 1.76. The third-order valence-corrected chi connectivity index (χ3v) is 4.25. The molecule has 118 valence electrons. The van der Waals surface area contributed by atoms with Gasteiger partial charge in [0.2, 0.25) is 0 Å². The Hall–Kier alpha value is -1.04. The molecule has 2 aromatic carbocycles. The maximum atomic E-state index is 5.43. The number of benzene rings is 2. The molecule has 0 amide bonds. The largest absolute Gasteiger partial charge is 0.399 e. The van der Waals surface area contributed by atoms with Crippen LogP contribution in [0, 0.1) is 0 Å². The van der Waals surface area contributed by atoms with Crippen molar-refractivity contribution in [3.05, 3.63) is 57.5 Å². The van der Waals surface area contributed by atoms with E-state index in [0.29, 0.717) is 6.04 Å². The quantitative estimate of drug-likeness (QED) is 0.657. The Morgan fingerprint density at radius 3 is 2.14 bits per heavy atom. The second-order valence-corrected chi connectivity index (χ2v) is 6.93. The summed E-state index contributed by atoms with van der Waals surface area (Å²) in [5.74, 6) is 0. The third kappa shape index (κ3) is 6.38. The molecule has 0 spiro atoms. The first kappa shape index (κ1) is 17.3. The molecule has 0 aromatic heterocycles. The summed E-state index contributed by atoms with van der Waals surface area (Å²) in [5, 5.41) is 3.51. The Bertz CT molecular complexity index is 569. The van der Waals surface area contributed by atoms with Crippen LogP contribution in [0.5, 0.6) is 0 Å². The van der Waals surface area contributed by atoms with Crippen LogP contribution >= 0.6 is 31.9 Å². The summed E-state index contributed by atoms with van der Waals surface area (Å²) < 4.78 is 7.46. The zero-order chi connectivity index (χ0) is 15.8. The molecule has 2 aromatic rings. The Morgan fingerprint density at radius 2 is 1.59 bits per heavy atom. The fourth-order valence-electron chi connectivity index (χ4n) is 2.16. The highest BCUT2D eigenvalue weighted by Gasteiger charge is 2.12. The van der Waals surface area contributed by atoms with Crippen molar-refractivity contribution >= 4 is 43.2 Å². The van der Waals surface area contributed by atoms with Crippen molar-refractivity contribution in [1.82, 2.24) is 0 Å². The van der Waals surface area contributed by atoms with E-state index in [0.717, 1.165) is 40.7 Å². The molecule has 0 unspecified atom stereocenters. The second-order valence-electron chi connectivity index (χ2n) is 5.10. The summed E-state index contributed by atoms with van der Waals surface area (Å²) in [6.07, 6.45) is 2.21. The van der Waals surface area contributed by atoms with Crippen molar-refractivity contribution in [3.8, 4) is 0 Å². The van der Waals surface area contributed by atoms with Gasteiger partial charge in [-0.15, -0.1) is 0 Å². The van der Waals surface area contributed by atoms with Crippen LogP contribution in [-0.2, 0) is 4.74 Å². The molecule has 0 atom stereocenters. The number of halogens is 2. The van der Waals surface area contributed by atoms with Gasteiger partial charge in [-0.3, -0.25) is 0 Å². The molecule has 1 aliphatic heterocycles. The van der Waals surface area contributed by atoms with Gasteiger partial charge in [-0.05, 0) is 49.2 Å². The lowest BCUT2D eigenvalue weighted by Gasteiger charge is -2.24. The van der Waals surface area contributed by atoms with E-state index in [2.05, 4.69) is 49.3 Å². The van der Waals surface area contributed by atoms with Crippen molar-refractivity contribution in [3.63, 3.8) is 0 Å². The predicted molar refractivity (Wildman–Crippen MR) is 100 cm³/mol. The van der Waals surface area contributed by atoms with Gasteiger partial charge < -0.3 is 15.8 Å². The van der Waals surface area contributed by atoms with Gasteiger partial charge in [-0.1, -0.05) is 44.0 Å². The summed E-state index contributed by atoms with van der Waals surface area (Å²) in [7, 11) is 0. The first-order valence-corrected chi connectivity index (χ1v) is 8.83. The molecule has 0 saturated carbocycles. The molecule has 1 heterocycles. The van der Waals surface area contributed by atoms with Crippen LogP contribution in [-0.4, -0.2) is 19.3 Å². The van der Waals surface area contributed by atoms with Crippen LogP contribution < -0.4 is 11.1 Å². The molecular formula is C17H20Br2N2O. The summed E-state index contributed by atoms with van der Waals surface area (Å²) >= 11 is 6.74. The van der Waals surface area contributed by atoms with Gasteiger partial charge in [0, 0.05) is 39.6 Å². The van der Waals surface area contributed by atoms with E-state index in [-0.39, 0.29) is 0 Å². The highest BCUT2D eigenvalue weighted by Crippen LogP contribution is 2.19. The molecule has 1 fully saturated rings. The number of anilines is 2. The first-order chi connectivity index (χ1) is 10.6. The van der Waals surface area contributed by atoms with Crippen molar-refractivity contribution in [2.75, 3.05) is 24.3 Å². The van der Waals surface area contributed by atoms with E-state index in [1.54, 1.807) is 0 Å². The van der Waals surface area contributed by atoms with Crippen LogP contribution in [0.4, 0.5) is 11.4 Å². The summed E-state index contributed by atoms with van der Waals surface area (Å²) in [4.78, 5) is 0. The van der Waals surface area contributed by atoms with E-state index in [1.165, 1.54) is 5.69 Å². The first-order valence-electron chi connectivity index (χ1n) is 7.24. The van der Waals surface area contributed by atoms with Gasteiger partial charge in [0.05, 0.1) is 0 Å². The normalized spacial score (nSPS) is 14.8. The van der Waals surface area contributed by atoms with Crippen molar-refractivity contribution in [2.45, 2.75) is 18.9 Å². The minimum Gasteiger partial charge on any atom is -0.399 e. The number of hydrogen-bond donors (Lipinski definition) is 2. The van der Waals surface area contributed by atoms with Gasteiger partial charge in [-0.2, -0.15) is 0 Å². The topological polar surface area (TPSA) is 47.3 Å². The number of nitrogen functional groups attached to an aromatic ring is 1. The van der Waals surface area contributed by atoms with E-state index >= 15 is 0 Å². The van der Waals surface area contributed by atoms with E-state index in [1.807, 2.05) is 36.4 Å². The Kier molecular flexibility index (Phi) is 7.22. The van der Waals surface area contributed by atoms with Gasteiger partial charge in [0.1, 0.15) is 0 Å². The monoisotopic (exact) mass is 426 g/mol. The smallest absolute Gasteiger partial charge is 0.0485 e. The lowest BCUT2D eigenvalue weighted by atomic mass is 10.1. The van der Waals surface area contributed by atoms with E-state index in [9.17, 15) is 0 Å². The molecule has 5 heteroatoms. The van der Waals surface area contributed by atoms with E-state index in [4.69, 9.17) is 10.5 Å². The number of hydrogen-bond acceptors (Lipinski definition) is 3. The SMILES string of the molecule is Brc1cccc(NC2CCOCC2)c1.Nc1cccc(Br)c1. The van der Waals surface area contributed by atoms with Crippen LogP contribution in [0.25, 0.3) is 0 Å². The summed E-state index contributed by atoms with van der Waals surface area (Å²) in [5.41, 5.74) is 7.41. The van der Waals surface area contributed by atoms with Crippen LogP contribution in [0.2, 0.25) is 0 Å². The third-order valence-electron chi connectivity index (χ3n) is 3.27. The van der Waals surface area contributed by atoms with E-state index < -0.39 is 0 Å². The highest BCUT2D eigenvalue weighted by molar-refractivity contribution is 9.10. The fraction of sp³-hybridized carbons (Fsp3) is 0.294. The lowest BCUT2D eigenvalue weighted by Crippen LogP contribution is -2.27. The average Bonchev–Trinajstić information content (AvgIpc) is 2.49. The van der Waals surface area contributed by atoms with Crippen LogP contribution in [0.15, 0.2) is 57.5 Å². The molecule has 0 radical (unpaired) electrons. The minimum absolute atomic E-state index is 0.568. The molecule has 0 bridgehead atoms. The zero-order valence-corrected chi connectivity index (χ0v) is 15.4. The number of nitrogens with one attached hydrogen (secondary N) is 1. The highest BCUT2D eigenvalue weighted by atomic mass is 79.9. The molecule has 0 aliphatic carbocycles. The van der Waals surface area contributed by atoms with Gasteiger partial charge >= 0.3 is 0 Å². The molecular weight excluding hydrogens is 408 g/mol. The van der Waals surface area contributed by atoms with Gasteiger partial charge in [0.15, 0.2) is 0 Å². The maximum Gasteiger partial charge on any atom is 0.0485 e. The molecule has 3 N–H and O–H groups in total. The maximum absolute atomic E-state index is 5.43. The average molecular weight is 428 g/mol. The second kappa shape index (κ2) is 9.18. The number of nitrogens with two attached hydrogens (primary N) is 1. The van der Waals surface area contributed by atoms with Crippen molar-refractivity contribution in [2.24, 2.45) is 0 Å². The molecule has 22 heavy (non-hydrogen) atoms. The lowest BCUT2D eigenvalue weighted by molar-refractivity contribution is 0.0904. The Balaban J connectivity index is 0.000000188. The number of rotatable bonds is 2. The van der Waals surface area contributed by atoms with Crippen LogP contribution in [0.1, 0.15) is 12.8 Å². The molecule has 1 aliphatic rings. The minimum atomic E-state index is 0.568. The Labute approximate surface area is 148 Å². The molecule has 3 rings (SSSR count). The molecule has 1 saturated heterocycles. The van der Waals surface area contributed by atoms with Crippen molar-refractivity contribution in [1.29, 1.82) is 0 Å². The van der Waals surface area contributed by atoms with Gasteiger partial charge in [-0.25, -0.2) is 0 Å². The number of ether oxygens (including phenoxy) is 1. The van der Waals surface area contributed by atoms with Crippen LogP contribution in [0.3, 0.4) is 0 Å². The zero-order valence-electron chi connectivity index (χ0n) is 12.3. The molecule has 3 nitrogen and oxygen atoms in total. The Morgan fingerprint density at radius 1 is 0.955 bits per heavy atom. The van der Waals surface area contributed by atoms with Gasteiger partial charge in [0.25, 0.3) is 0 Å². The predicted octanol–water partition coefficient (Wildman–Crippen LogP) is 5.07. The standard InChI is InChI=1S/C11H14BrNO.C6H6BrN/c12-9-2-1-3-11(8-9)13-10-4-6-14-7-5-10;7-5-2-1-3-6(8)4-5/h1-3,8,10,13H,4-7H2;1-4H,8H2. The fourth-order valence-corrected chi connectivity index (χ4v) is 2.98.